The van der Waals surface area contributed by atoms with Crippen molar-refractivity contribution in [2.45, 2.75) is 13.8 Å². The minimum atomic E-state index is 0.0945. The number of benzene rings is 2. The molecule has 3 aromatic rings. The van der Waals surface area contributed by atoms with Gasteiger partial charge in [-0.1, -0.05) is 18.2 Å². The number of hydrogen-bond acceptors (Lipinski definition) is 4. The van der Waals surface area contributed by atoms with Gasteiger partial charge in [0, 0.05) is 0 Å². The third-order valence-corrected chi connectivity index (χ3v) is 3.72. The molecule has 0 fully saturated rings. The number of aryl methyl sites for hydroxylation is 2. The number of carbonyl (C=O) groups is 1. The number of thiazole rings is 1. The third-order valence-electron chi connectivity index (χ3n) is 2.77. The van der Waals surface area contributed by atoms with Crippen LogP contribution < -0.4 is 5.32 Å². The minimum Gasteiger partial charge on any atom is -0.506 e. The second-order valence-corrected chi connectivity index (χ2v) is 5.72. The molecule has 1 heterocycles. The Kier molecular flexibility index (Phi) is 4.90. The Bertz CT molecular complexity index is 720. The Morgan fingerprint density at radius 1 is 1.19 bits per heavy atom. The van der Waals surface area contributed by atoms with Gasteiger partial charge in [-0.3, -0.25) is 4.79 Å². The molecule has 0 radical (unpaired) electrons. The molecular formula is C16H16N2O2S. The SMILES string of the molecule is Cc1ccc(NC=O)c(O)c1.Cc1nc2ccccc2s1. The lowest BCUT2D eigenvalue weighted by Crippen LogP contribution is -1.93. The Morgan fingerprint density at radius 3 is 2.62 bits per heavy atom. The summed E-state index contributed by atoms with van der Waals surface area (Å²) in [5, 5.41) is 12.7. The molecule has 2 aromatic carbocycles. The zero-order valence-electron chi connectivity index (χ0n) is 11.8. The Morgan fingerprint density at radius 2 is 1.95 bits per heavy atom. The molecule has 2 N–H and O–H groups in total. The number of hydrogen-bond donors (Lipinski definition) is 2. The van der Waals surface area contributed by atoms with Crippen LogP contribution in [0.2, 0.25) is 0 Å². The third kappa shape index (κ3) is 4.03. The standard InChI is InChI=1S/C8H9NO2.C8H7NS/c1-6-2-3-7(9-5-10)8(11)4-6;1-6-9-7-4-2-3-5-8(7)10-6/h2-5,11H,1H3,(H,9,10);2-5H,1H3. The van der Waals surface area contributed by atoms with E-state index in [1.807, 2.05) is 38.1 Å². The number of amides is 1. The molecule has 0 saturated heterocycles. The van der Waals surface area contributed by atoms with E-state index in [4.69, 9.17) is 0 Å². The molecule has 1 amide bonds. The average molecular weight is 300 g/mol. The van der Waals surface area contributed by atoms with E-state index < -0.39 is 0 Å². The van der Waals surface area contributed by atoms with Gasteiger partial charge in [0.05, 0.1) is 20.9 Å². The molecule has 0 spiro atoms. The van der Waals surface area contributed by atoms with Crippen molar-refractivity contribution < 1.29 is 9.90 Å². The van der Waals surface area contributed by atoms with Crippen molar-refractivity contribution in [3.8, 4) is 5.75 Å². The number of nitrogens with zero attached hydrogens (tertiary/aromatic N) is 1. The Labute approximate surface area is 127 Å². The minimum absolute atomic E-state index is 0.0945. The van der Waals surface area contributed by atoms with E-state index in [-0.39, 0.29) is 5.75 Å². The second kappa shape index (κ2) is 6.85. The van der Waals surface area contributed by atoms with E-state index >= 15 is 0 Å². The van der Waals surface area contributed by atoms with Crippen LogP contribution in [0, 0.1) is 13.8 Å². The maximum Gasteiger partial charge on any atom is 0.211 e. The number of para-hydroxylation sites is 1. The molecular weight excluding hydrogens is 284 g/mol. The highest BCUT2D eigenvalue weighted by Crippen LogP contribution is 2.22. The summed E-state index contributed by atoms with van der Waals surface area (Å²) >= 11 is 1.74. The fraction of sp³-hybridized carbons (Fsp3) is 0.125. The number of carbonyl (C=O) groups excluding carboxylic acids is 1. The second-order valence-electron chi connectivity index (χ2n) is 4.48. The first kappa shape index (κ1) is 15.0. The van der Waals surface area contributed by atoms with Crippen LogP contribution in [0.15, 0.2) is 42.5 Å². The first-order chi connectivity index (χ1) is 10.1. The van der Waals surface area contributed by atoms with E-state index in [1.54, 1.807) is 23.5 Å². The van der Waals surface area contributed by atoms with E-state index in [0.717, 1.165) is 16.1 Å². The summed E-state index contributed by atoms with van der Waals surface area (Å²) < 4.78 is 1.28. The molecule has 1 aromatic heterocycles. The van der Waals surface area contributed by atoms with Gasteiger partial charge in [-0.15, -0.1) is 11.3 Å². The van der Waals surface area contributed by atoms with Crippen LogP contribution in [0.1, 0.15) is 10.6 Å². The summed E-state index contributed by atoms with van der Waals surface area (Å²) in [5.41, 5.74) is 2.51. The van der Waals surface area contributed by atoms with Gasteiger partial charge in [0.25, 0.3) is 0 Å². The summed E-state index contributed by atoms with van der Waals surface area (Å²) in [6, 6.07) is 13.2. The van der Waals surface area contributed by atoms with Crippen LogP contribution in [-0.4, -0.2) is 16.5 Å². The number of aromatic hydroxyl groups is 1. The number of aromatic nitrogens is 1. The van der Waals surface area contributed by atoms with Gasteiger partial charge in [0.2, 0.25) is 6.41 Å². The molecule has 21 heavy (non-hydrogen) atoms. The van der Waals surface area contributed by atoms with E-state index in [2.05, 4.69) is 16.4 Å². The van der Waals surface area contributed by atoms with Crippen molar-refractivity contribution in [1.29, 1.82) is 0 Å². The molecule has 0 aliphatic rings. The number of fused-ring (bicyclic) bond motifs is 1. The number of nitrogens with one attached hydrogen (secondary N) is 1. The predicted octanol–water partition coefficient (Wildman–Crippen LogP) is 3.87. The van der Waals surface area contributed by atoms with Crippen LogP contribution in [0.4, 0.5) is 5.69 Å². The van der Waals surface area contributed by atoms with Gasteiger partial charge in [-0.25, -0.2) is 4.98 Å². The first-order valence-corrected chi connectivity index (χ1v) is 7.24. The normalized spacial score (nSPS) is 9.81. The molecule has 0 bridgehead atoms. The van der Waals surface area contributed by atoms with Gasteiger partial charge in [-0.2, -0.15) is 0 Å². The predicted molar refractivity (Wildman–Crippen MR) is 86.9 cm³/mol. The topological polar surface area (TPSA) is 62.2 Å². The summed E-state index contributed by atoms with van der Waals surface area (Å²) in [6.07, 6.45) is 0.532. The quantitative estimate of drug-likeness (QED) is 0.558. The lowest BCUT2D eigenvalue weighted by molar-refractivity contribution is -0.105. The maximum atomic E-state index is 9.99. The Balaban J connectivity index is 0.000000154. The zero-order valence-corrected chi connectivity index (χ0v) is 12.6. The molecule has 0 saturated carbocycles. The molecule has 0 aliphatic carbocycles. The molecule has 0 atom stereocenters. The summed E-state index contributed by atoms with van der Waals surface area (Å²) in [6.45, 7) is 3.90. The number of phenolic OH excluding ortho intramolecular Hbond substituents is 1. The zero-order chi connectivity index (χ0) is 15.2. The lowest BCUT2D eigenvalue weighted by Gasteiger charge is -2.01. The average Bonchev–Trinajstić information content (AvgIpc) is 2.83. The van der Waals surface area contributed by atoms with Crippen molar-refractivity contribution in [2.24, 2.45) is 0 Å². The fourth-order valence-corrected chi connectivity index (χ4v) is 2.64. The Hall–Kier alpha value is -2.40. The summed E-state index contributed by atoms with van der Waals surface area (Å²) in [4.78, 5) is 14.3. The van der Waals surface area contributed by atoms with Gasteiger partial charge >= 0.3 is 0 Å². The molecule has 108 valence electrons. The largest absolute Gasteiger partial charge is 0.506 e. The monoisotopic (exact) mass is 300 g/mol. The summed E-state index contributed by atoms with van der Waals surface area (Å²) in [5.74, 6) is 0.0945. The van der Waals surface area contributed by atoms with Crippen LogP contribution in [0.5, 0.6) is 5.75 Å². The highest BCUT2D eigenvalue weighted by molar-refractivity contribution is 7.18. The molecule has 4 nitrogen and oxygen atoms in total. The van der Waals surface area contributed by atoms with Crippen molar-refractivity contribution in [2.75, 3.05) is 5.32 Å². The maximum absolute atomic E-state index is 9.99. The summed E-state index contributed by atoms with van der Waals surface area (Å²) in [7, 11) is 0. The number of rotatable bonds is 2. The number of phenols is 1. The van der Waals surface area contributed by atoms with Gasteiger partial charge in [0.15, 0.2) is 0 Å². The smallest absolute Gasteiger partial charge is 0.211 e. The van der Waals surface area contributed by atoms with Gasteiger partial charge in [-0.05, 0) is 43.7 Å². The van der Waals surface area contributed by atoms with Crippen LogP contribution in [0.25, 0.3) is 10.2 Å². The fourth-order valence-electron chi connectivity index (χ4n) is 1.81. The lowest BCUT2D eigenvalue weighted by atomic mass is 10.2. The van der Waals surface area contributed by atoms with E-state index in [1.165, 1.54) is 4.70 Å². The van der Waals surface area contributed by atoms with Crippen molar-refractivity contribution in [3.05, 3.63) is 53.0 Å². The van der Waals surface area contributed by atoms with Crippen molar-refractivity contribution >= 4 is 33.7 Å². The van der Waals surface area contributed by atoms with Gasteiger partial charge < -0.3 is 10.4 Å². The molecule has 0 unspecified atom stereocenters. The molecule has 3 rings (SSSR count). The van der Waals surface area contributed by atoms with Crippen LogP contribution >= 0.6 is 11.3 Å². The highest BCUT2D eigenvalue weighted by atomic mass is 32.1. The van der Waals surface area contributed by atoms with Crippen LogP contribution in [-0.2, 0) is 4.79 Å². The van der Waals surface area contributed by atoms with Crippen molar-refractivity contribution in [3.63, 3.8) is 0 Å². The van der Waals surface area contributed by atoms with Crippen LogP contribution in [0.3, 0.4) is 0 Å². The molecule has 5 heteroatoms. The number of anilines is 1. The highest BCUT2D eigenvalue weighted by Gasteiger charge is 1.97. The van der Waals surface area contributed by atoms with Gasteiger partial charge in [0.1, 0.15) is 5.75 Å². The van der Waals surface area contributed by atoms with Crippen molar-refractivity contribution in [1.82, 2.24) is 4.98 Å². The van der Waals surface area contributed by atoms with E-state index in [9.17, 15) is 9.90 Å². The molecule has 0 aliphatic heterocycles. The first-order valence-electron chi connectivity index (χ1n) is 6.42. The van der Waals surface area contributed by atoms with E-state index in [0.29, 0.717) is 12.1 Å².